The Kier molecular flexibility index (Phi) is 11.7. The maximum Gasteiger partial charge on any atom is 0.547 e. The van der Waals surface area contributed by atoms with Gasteiger partial charge in [0.15, 0.2) is 17.3 Å². The molecule has 2 heterocycles. The highest BCUT2D eigenvalue weighted by Gasteiger charge is 2.42. The Morgan fingerprint density at radius 3 is 2.39 bits per heavy atom. The summed E-state index contributed by atoms with van der Waals surface area (Å²) in [4.78, 5) is 78.7. The number of urea groups is 1. The molecular formula is C32H28BCl2F2N5O12. The number of imide groups is 1. The van der Waals surface area contributed by atoms with Crippen molar-refractivity contribution in [2.45, 2.75) is 24.8 Å². The molecule has 22 heteroatoms. The van der Waals surface area contributed by atoms with E-state index in [2.05, 4.69) is 16.0 Å². The summed E-state index contributed by atoms with van der Waals surface area (Å²) >= 11 is 12.1. The number of hydrogen-bond acceptors (Lipinski definition) is 11. The molecule has 0 aliphatic carbocycles. The number of amides is 6. The van der Waals surface area contributed by atoms with E-state index in [9.17, 15) is 63.0 Å². The van der Waals surface area contributed by atoms with E-state index >= 15 is 0 Å². The first-order chi connectivity index (χ1) is 25.5. The van der Waals surface area contributed by atoms with Crippen molar-refractivity contribution >= 4 is 65.9 Å². The molecule has 284 valence electrons. The third-order valence-corrected chi connectivity index (χ3v) is 9.14. The van der Waals surface area contributed by atoms with Gasteiger partial charge in [-0.15, -0.1) is 0 Å². The quantitative estimate of drug-likeness (QED) is 0.0629. The Hall–Kier alpha value is -5.86. The molecule has 5 rings (SSSR count). The van der Waals surface area contributed by atoms with Crippen molar-refractivity contribution < 1.29 is 67.7 Å². The third-order valence-electron chi connectivity index (χ3n) is 8.43. The van der Waals surface area contributed by atoms with Crippen LogP contribution in [0.2, 0.25) is 10.0 Å². The molecule has 2 aliphatic heterocycles. The van der Waals surface area contributed by atoms with Crippen molar-refractivity contribution in [2.75, 3.05) is 26.2 Å². The van der Waals surface area contributed by atoms with Crippen molar-refractivity contribution in [3.8, 4) is 23.0 Å². The number of aromatic carboxylic acids is 1. The predicted molar refractivity (Wildman–Crippen MR) is 182 cm³/mol. The predicted octanol–water partition coefficient (Wildman–Crippen LogP) is 1.47. The lowest BCUT2D eigenvalue weighted by molar-refractivity contribution is -0.153. The molecule has 0 saturated carbocycles. The first-order valence-electron chi connectivity index (χ1n) is 15.8. The minimum Gasteiger partial charge on any atom is -0.534 e. The molecule has 0 aromatic heterocycles. The summed E-state index contributed by atoms with van der Waals surface area (Å²) in [5.74, 6) is -13.1. The van der Waals surface area contributed by atoms with E-state index < -0.39 is 106 Å². The second kappa shape index (κ2) is 16.0. The number of phenolic OH excluding ortho intramolecular Hbond substituents is 3. The molecule has 1 fully saturated rings. The van der Waals surface area contributed by atoms with Crippen LogP contribution >= 0.6 is 23.2 Å². The van der Waals surface area contributed by atoms with Gasteiger partial charge in [-0.2, -0.15) is 0 Å². The number of carboxylic acids is 1. The standard InChI is InChI=1S/C32H28BCl2F2N5O12/c34-17-11-14(43)3-4-15(17)27(46)38-6-1-7-41-8-9-42(30(49)29(41)48)32(52)40-23(16-12-19(37)24(44)25(45)22(16)35)28(47)39-20-10-13-2-5-18(36)21(31(50)51)26(13)54-33(20)53/h2-5,11-12,20,23,43-45,53H,1,6-10H2,(H,38,46)(H,39,47)(H,40,52)(H,50,51). The van der Waals surface area contributed by atoms with Gasteiger partial charge in [-0.3, -0.25) is 24.1 Å². The number of halogens is 4. The molecular weight excluding hydrogens is 766 g/mol. The number of rotatable bonds is 10. The van der Waals surface area contributed by atoms with Crippen molar-refractivity contribution in [1.29, 1.82) is 0 Å². The fourth-order valence-corrected chi connectivity index (χ4v) is 6.19. The van der Waals surface area contributed by atoms with Crippen LogP contribution in [0.4, 0.5) is 13.6 Å². The molecule has 0 bridgehead atoms. The number of fused-ring (bicyclic) bond motifs is 1. The Bertz CT molecular complexity index is 2080. The van der Waals surface area contributed by atoms with Gasteiger partial charge in [0.1, 0.15) is 28.9 Å². The average molecular weight is 794 g/mol. The van der Waals surface area contributed by atoms with Gasteiger partial charge in [-0.05, 0) is 48.7 Å². The number of aromatic hydroxyl groups is 3. The second-order valence-corrected chi connectivity index (χ2v) is 12.7. The van der Waals surface area contributed by atoms with Crippen LogP contribution < -0.4 is 20.6 Å². The monoisotopic (exact) mass is 793 g/mol. The highest BCUT2D eigenvalue weighted by molar-refractivity contribution is 6.47. The number of benzene rings is 3. The molecule has 2 atom stereocenters. The van der Waals surface area contributed by atoms with Crippen molar-refractivity contribution in [3.05, 3.63) is 80.3 Å². The van der Waals surface area contributed by atoms with E-state index in [1.165, 1.54) is 18.2 Å². The largest absolute Gasteiger partial charge is 0.547 e. The minimum absolute atomic E-state index is 0.0114. The van der Waals surface area contributed by atoms with Crippen LogP contribution in [0.5, 0.6) is 23.0 Å². The molecule has 6 amide bonds. The van der Waals surface area contributed by atoms with Crippen LogP contribution in [0, 0.1) is 11.6 Å². The zero-order valence-electron chi connectivity index (χ0n) is 27.4. The molecule has 1 saturated heterocycles. The number of hydrogen-bond donors (Lipinski definition) is 8. The second-order valence-electron chi connectivity index (χ2n) is 11.9. The van der Waals surface area contributed by atoms with Gasteiger partial charge in [-0.1, -0.05) is 29.3 Å². The number of piperazine rings is 1. The van der Waals surface area contributed by atoms with Crippen molar-refractivity contribution in [1.82, 2.24) is 25.8 Å². The zero-order chi connectivity index (χ0) is 39.6. The molecule has 3 aromatic carbocycles. The Balaban J connectivity index is 1.28. The number of carboxylic acid groups (broad SMARTS) is 1. The molecule has 0 radical (unpaired) electrons. The van der Waals surface area contributed by atoms with E-state index in [-0.39, 0.29) is 54.4 Å². The Morgan fingerprint density at radius 1 is 0.981 bits per heavy atom. The number of phenols is 3. The normalized spacial score (nSPS) is 15.9. The van der Waals surface area contributed by atoms with E-state index in [0.717, 1.165) is 17.0 Å². The van der Waals surface area contributed by atoms with E-state index in [0.29, 0.717) is 11.0 Å². The van der Waals surface area contributed by atoms with E-state index in [1.807, 2.05) is 0 Å². The summed E-state index contributed by atoms with van der Waals surface area (Å²) in [5, 5.41) is 55.7. The van der Waals surface area contributed by atoms with Crippen molar-refractivity contribution in [3.63, 3.8) is 0 Å². The molecule has 8 N–H and O–H groups in total. The van der Waals surface area contributed by atoms with Gasteiger partial charge in [0.2, 0.25) is 5.91 Å². The summed E-state index contributed by atoms with van der Waals surface area (Å²) in [7, 11) is -1.98. The van der Waals surface area contributed by atoms with Crippen LogP contribution in [0.15, 0.2) is 36.4 Å². The molecule has 17 nitrogen and oxygen atoms in total. The summed E-state index contributed by atoms with van der Waals surface area (Å²) in [6, 6.07) is 2.85. The molecule has 54 heavy (non-hydrogen) atoms. The van der Waals surface area contributed by atoms with E-state index in [4.69, 9.17) is 27.9 Å². The minimum atomic E-state index is -2.07. The van der Waals surface area contributed by atoms with Crippen molar-refractivity contribution in [2.24, 2.45) is 0 Å². The lowest BCUT2D eigenvalue weighted by Crippen LogP contribution is -2.60. The Labute approximate surface area is 313 Å². The topological polar surface area (TPSA) is 255 Å². The molecule has 2 unspecified atom stereocenters. The maximum atomic E-state index is 14.6. The first-order valence-corrected chi connectivity index (χ1v) is 16.5. The lowest BCUT2D eigenvalue weighted by Gasteiger charge is -2.34. The first kappa shape index (κ1) is 39.4. The van der Waals surface area contributed by atoms with Gasteiger partial charge in [0, 0.05) is 31.7 Å². The zero-order valence-corrected chi connectivity index (χ0v) is 29.0. The summed E-state index contributed by atoms with van der Waals surface area (Å²) in [6.45, 7) is -0.537. The van der Waals surface area contributed by atoms with Gasteiger partial charge in [-0.25, -0.2) is 18.4 Å². The molecule has 0 spiro atoms. The summed E-state index contributed by atoms with van der Waals surface area (Å²) < 4.78 is 34.0. The summed E-state index contributed by atoms with van der Waals surface area (Å²) in [5.41, 5.74) is -1.35. The van der Waals surface area contributed by atoms with Crippen LogP contribution in [-0.4, -0.2) is 110 Å². The van der Waals surface area contributed by atoms with E-state index in [1.54, 1.807) is 0 Å². The number of nitrogens with one attached hydrogen (secondary N) is 3. The molecule has 2 aliphatic rings. The number of nitrogens with zero attached hydrogens (tertiary/aromatic N) is 2. The fourth-order valence-electron chi connectivity index (χ4n) is 5.68. The summed E-state index contributed by atoms with van der Waals surface area (Å²) in [6.07, 6.45) is -0.160. The number of carbonyl (C=O) groups is 6. The lowest BCUT2D eigenvalue weighted by atomic mass is 9.72. The van der Waals surface area contributed by atoms with Crippen LogP contribution in [0.1, 0.15) is 44.3 Å². The van der Waals surface area contributed by atoms with Gasteiger partial charge < -0.3 is 51.0 Å². The highest BCUT2D eigenvalue weighted by Crippen LogP contribution is 2.41. The van der Waals surface area contributed by atoms with Gasteiger partial charge in [0.25, 0.3) is 5.91 Å². The third kappa shape index (κ3) is 8.04. The Morgan fingerprint density at radius 2 is 1.70 bits per heavy atom. The smallest absolute Gasteiger partial charge is 0.534 e. The highest BCUT2D eigenvalue weighted by atomic mass is 35.5. The van der Waals surface area contributed by atoms with Crippen LogP contribution in [0.3, 0.4) is 0 Å². The van der Waals surface area contributed by atoms with Crippen LogP contribution in [-0.2, 0) is 20.8 Å². The average Bonchev–Trinajstić information content (AvgIpc) is 3.11. The maximum absolute atomic E-state index is 14.6. The van der Waals surface area contributed by atoms with Gasteiger partial charge >= 0.3 is 30.9 Å². The van der Waals surface area contributed by atoms with Crippen LogP contribution in [0.25, 0.3) is 0 Å². The fraction of sp³-hybridized carbons (Fsp3) is 0.250. The van der Waals surface area contributed by atoms with Gasteiger partial charge in [0.05, 0.1) is 21.5 Å². The molecule has 3 aromatic rings. The SMILES string of the molecule is O=C(NCCCN1CCN(C(=O)NC(C(=O)NC2Cc3ccc(F)c(C(=O)O)c3OB2O)c2cc(F)c(O)c(O)c2Cl)C(=O)C1=O)c1ccc(O)cc1Cl. The number of carbonyl (C=O) groups excluding carboxylic acids is 5.